The molecule has 1 amide bonds. The molecule has 2 aromatic rings. The van der Waals surface area contributed by atoms with Gasteiger partial charge in [-0.3, -0.25) is 4.79 Å². The molecule has 34 heavy (non-hydrogen) atoms. The monoisotopic (exact) mass is 465 g/mol. The van der Waals surface area contributed by atoms with Crippen molar-refractivity contribution in [1.82, 2.24) is 9.97 Å². The molecule has 3 N–H and O–H groups in total. The van der Waals surface area contributed by atoms with Gasteiger partial charge in [0, 0.05) is 37.1 Å². The molecule has 8 heteroatoms. The SMILES string of the molecule is NC(=O)C(c1cncnc1)[N+]12CCC(CC1)[C@@H](OC(=O)C(O)(c1ccccc1)C1CCCC1)C2. The Labute approximate surface area is 199 Å². The molecule has 1 aromatic heterocycles. The molecule has 1 saturated carbocycles. The lowest BCUT2D eigenvalue weighted by atomic mass is 9.79. The second-order valence-electron chi connectivity index (χ2n) is 10.2. The maximum Gasteiger partial charge on any atom is 0.343 e. The predicted octanol–water partition coefficient (Wildman–Crippen LogP) is 2.23. The van der Waals surface area contributed by atoms with E-state index in [9.17, 15) is 14.7 Å². The normalized spacial score (nSPS) is 29.3. The minimum absolute atomic E-state index is 0.161. The van der Waals surface area contributed by atoms with E-state index in [4.69, 9.17) is 10.5 Å². The van der Waals surface area contributed by atoms with Crippen molar-refractivity contribution in [3.8, 4) is 0 Å². The molecule has 4 heterocycles. The van der Waals surface area contributed by atoms with Crippen molar-refractivity contribution in [1.29, 1.82) is 0 Å². The number of aliphatic hydroxyl groups is 1. The van der Waals surface area contributed by atoms with Crippen LogP contribution in [0.3, 0.4) is 0 Å². The Bertz CT molecular complexity index is 1020. The van der Waals surface area contributed by atoms with E-state index in [-0.39, 0.29) is 17.9 Å². The number of benzene rings is 1. The summed E-state index contributed by atoms with van der Waals surface area (Å²) in [6.07, 6.45) is 9.61. The highest BCUT2D eigenvalue weighted by molar-refractivity contribution is 5.82. The van der Waals surface area contributed by atoms with Crippen LogP contribution in [0.15, 0.2) is 49.1 Å². The van der Waals surface area contributed by atoms with Crippen molar-refractivity contribution in [3.63, 3.8) is 0 Å². The summed E-state index contributed by atoms with van der Waals surface area (Å²) in [7, 11) is 0. The lowest BCUT2D eigenvalue weighted by molar-refractivity contribution is -0.965. The number of hydrogen-bond donors (Lipinski definition) is 2. The van der Waals surface area contributed by atoms with Crippen LogP contribution >= 0.6 is 0 Å². The molecule has 0 radical (unpaired) electrons. The van der Waals surface area contributed by atoms with Gasteiger partial charge in [-0.15, -0.1) is 0 Å². The van der Waals surface area contributed by atoms with Gasteiger partial charge in [-0.2, -0.15) is 0 Å². The number of esters is 1. The number of aromatic nitrogens is 2. The number of carbonyl (C=O) groups excluding carboxylic acids is 2. The Balaban J connectivity index is 1.42. The highest BCUT2D eigenvalue weighted by Gasteiger charge is 2.56. The Hall–Kier alpha value is -2.84. The smallest absolute Gasteiger partial charge is 0.343 e. The molecule has 0 spiro atoms. The Morgan fingerprint density at radius 3 is 2.32 bits per heavy atom. The fourth-order valence-electron chi connectivity index (χ4n) is 6.65. The number of quaternary nitrogens is 1. The number of fused-ring (bicyclic) bond motifs is 3. The first kappa shape index (κ1) is 22.9. The summed E-state index contributed by atoms with van der Waals surface area (Å²) in [5, 5.41) is 11.8. The summed E-state index contributed by atoms with van der Waals surface area (Å²) in [6.45, 7) is 2.06. The lowest BCUT2D eigenvalue weighted by Gasteiger charge is -2.54. The third kappa shape index (κ3) is 3.88. The van der Waals surface area contributed by atoms with Crippen LogP contribution in [0.4, 0.5) is 0 Å². The first-order chi connectivity index (χ1) is 16.4. The topological polar surface area (TPSA) is 115 Å². The average molecular weight is 466 g/mol. The Morgan fingerprint density at radius 1 is 1.06 bits per heavy atom. The van der Waals surface area contributed by atoms with Crippen molar-refractivity contribution < 1.29 is 23.9 Å². The number of hydrogen-bond acceptors (Lipinski definition) is 6. The second-order valence-corrected chi connectivity index (χ2v) is 10.2. The van der Waals surface area contributed by atoms with E-state index in [1.54, 1.807) is 12.4 Å². The van der Waals surface area contributed by atoms with E-state index in [1.165, 1.54) is 6.33 Å². The van der Waals surface area contributed by atoms with Gasteiger partial charge in [0.15, 0.2) is 17.7 Å². The quantitative estimate of drug-likeness (QED) is 0.479. The highest BCUT2D eigenvalue weighted by atomic mass is 16.6. The number of ether oxygens (including phenoxy) is 1. The number of piperidine rings is 3. The third-order valence-corrected chi connectivity index (χ3v) is 8.40. The third-order valence-electron chi connectivity index (χ3n) is 8.40. The van der Waals surface area contributed by atoms with Gasteiger partial charge in [-0.1, -0.05) is 43.2 Å². The lowest BCUT2D eigenvalue weighted by Crippen LogP contribution is -2.67. The molecule has 3 atom stereocenters. The molecular weight excluding hydrogens is 432 g/mol. The van der Waals surface area contributed by atoms with Crippen LogP contribution in [0.1, 0.15) is 55.7 Å². The maximum absolute atomic E-state index is 13.7. The van der Waals surface area contributed by atoms with Crippen LogP contribution in [-0.2, 0) is 19.9 Å². The number of nitrogens with two attached hydrogens (primary N) is 1. The molecular formula is C26H33N4O4+. The summed E-state index contributed by atoms with van der Waals surface area (Å²) in [5.74, 6) is -0.937. The van der Waals surface area contributed by atoms with Crippen molar-refractivity contribution in [2.24, 2.45) is 17.6 Å². The van der Waals surface area contributed by atoms with Gasteiger partial charge in [-0.05, 0) is 18.4 Å². The van der Waals surface area contributed by atoms with E-state index < -0.39 is 23.5 Å². The fourth-order valence-corrected chi connectivity index (χ4v) is 6.65. The van der Waals surface area contributed by atoms with E-state index >= 15 is 0 Å². The minimum atomic E-state index is -1.66. The molecule has 2 unspecified atom stereocenters. The Kier molecular flexibility index (Phi) is 6.12. The molecule has 3 aliphatic heterocycles. The van der Waals surface area contributed by atoms with E-state index in [1.807, 2.05) is 30.3 Å². The number of nitrogens with zero attached hydrogens (tertiary/aromatic N) is 3. The summed E-state index contributed by atoms with van der Waals surface area (Å²) in [5.41, 5.74) is 5.51. The number of primary amides is 1. The van der Waals surface area contributed by atoms with Gasteiger partial charge in [0.2, 0.25) is 0 Å². The molecule has 3 saturated heterocycles. The largest absolute Gasteiger partial charge is 0.454 e. The summed E-state index contributed by atoms with van der Waals surface area (Å²) in [4.78, 5) is 34.5. The van der Waals surface area contributed by atoms with Gasteiger partial charge in [-0.25, -0.2) is 14.8 Å². The second kappa shape index (κ2) is 9.07. The maximum atomic E-state index is 13.7. The fraction of sp³-hybridized carbons (Fsp3) is 0.538. The van der Waals surface area contributed by atoms with Crippen LogP contribution in [0.5, 0.6) is 0 Å². The van der Waals surface area contributed by atoms with Crippen molar-refractivity contribution in [3.05, 3.63) is 60.2 Å². The molecule has 4 fully saturated rings. The van der Waals surface area contributed by atoms with Gasteiger partial charge in [0.25, 0.3) is 5.91 Å². The first-order valence-electron chi connectivity index (χ1n) is 12.3. The van der Waals surface area contributed by atoms with Crippen molar-refractivity contribution in [2.45, 2.75) is 56.3 Å². The summed E-state index contributed by atoms with van der Waals surface area (Å²) >= 11 is 0. The zero-order chi connectivity index (χ0) is 23.8. The zero-order valence-corrected chi connectivity index (χ0v) is 19.4. The molecule has 1 aliphatic carbocycles. The molecule has 4 aliphatic rings. The Morgan fingerprint density at radius 2 is 1.71 bits per heavy atom. The molecule has 180 valence electrons. The predicted molar refractivity (Wildman–Crippen MR) is 124 cm³/mol. The number of carbonyl (C=O) groups is 2. The van der Waals surface area contributed by atoms with E-state index in [0.29, 0.717) is 22.2 Å². The zero-order valence-electron chi connectivity index (χ0n) is 19.4. The van der Waals surface area contributed by atoms with Crippen molar-refractivity contribution in [2.75, 3.05) is 19.6 Å². The molecule has 1 aromatic carbocycles. The van der Waals surface area contributed by atoms with Gasteiger partial charge >= 0.3 is 5.97 Å². The molecule has 2 bridgehead atoms. The van der Waals surface area contributed by atoms with Gasteiger partial charge < -0.3 is 20.1 Å². The van der Waals surface area contributed by atoms with Crippen LogP contribution in [0, 0.1) is 11.8 Å². The van der Waals surface area contributed by atoms with Gasteiger partial charge in [0.05, 0.1) is 18.7 Å². The molecule has 6 rings (SSSR count). The summed E-state index contributed by atoms with van der Waals surface area (Å²) < 4.78 is 6.60. The van der Waals surface area contributed by atoms with E-state index in [2.05, 4.69) is 9.97 Å². The van der Waals surface area contributed by atoms with Crippen LogP contribution < -0.4 is 5.73 Å². The molecule has 8 nitrogen and oxygen atoms in total. The van der Waals surface area contributed by atoms with Crippen LogP contribution in [0.25, 0.3) is 0 Å². The number of rotatable bonds is 7. The average Bonchev–Trinajstić information content (AvgIpc) is 3.41. The highest BCUT2D eigenvalue weighted by Crippen LogP contribution is 2.45. The van der Waals surface area contributed by atoms with Crippen LogP contribution in [0.2, 0.25) is 0 Å². The standard InChI is InChI=1S/C26H32N4O4/c27-24(31)23(19-14-28-17-29-15-19)30-12-10-18(11-13-30)22(16-30)34-25(32)26(33,21-8-4-5-9-21)20-6-2-1-3-7-20/h1-3,6-7,14-15,17-18,21-23,33H,4-5,8-13,16H2,(H-,27,31)/p+1/t18?,22-,23?,26?,30?/m0/s1. The minimum Gasteiger partial charge on any atom is -0.454 e. The van der Waals surface area contributed by atoms with Crippen molar-refractivity contribution >= 4 is 11.9 Å². The first-order valence-corrected chi connectivity index (χ1v) is 12.3. The summed E-state index contributed by atoms with van der Waals surface area (Å²) in [6, 6.07) is 8.59. The van der Waals surface area contributed by atoms with E-state index in [0.717, 1.165) is 51.6 Å². The number of amides is 1. The van der Waals surface area contributed by atoms with Crippen LogP contribution in [-0.4, -0.2) is 57.2 Å². The van der Waals surface area contributed by atoms with Gasteiger partial charge in [0.1, 0.15) is 12.9 Å².